The SMILES string of the molecule is C1=CSSC1.CC(O)CO. The van der Waals surface area contributed by atoms with Crippen LogP contribution in [0, 0.1) is 0 Å². The molecule has 10 heavy (non-hydrogen) atoms. The molecule has 0 saturated carbocycles. The Balaban J connectivity index is 0.000000162. The molecule has 0 radical (unpaired) electrons. The van der Waals surface area contributed by atoms with Crippen LogP contribution in [-0.2, 0) is 0 Å². The molecule has 1 atom stereocenters. The van der Waals surface area contributed by atoms with Gasteiger partial charge in [-0.1, -0.05) is 27.7 Å². The number of rotatable bonds is 1. The van der Waals surface area contributed by atoms with Gasteiger partial charge in [-0.3, -0.25) is 0 Å². The second kappa shape index (κ2) is 7.47. The fourth-order valence-corrected chi connectivity index (χ4v) is 1.77. The highest BCUT2D eigenvalue weighted by Gasteiger charge is 1.86. The Morgan fingerprint density at radius 1 is 1.70 bits per heavy atom. The van der Waals surface area contributed by atoms with Gasteiger partial charge in [0.1, 0.15) is 0 Å². The van der Waals surface area contributed by atoms with E-state index in [0.29, 0.717) is 0 Å². The Kier molecular flexibility index (Phi) is 7.74. The molecule has 0 aromatic heterocycles. The quantitative estimate of drug-likeness (QED) is 0.596. The predicted molar refractivity (Wildman–Crippen MR) is 48.0 cm³/mol. The van der Waals surface area contributed by atoms with Crippen molar-refractivity contribution in [3.63, 3.8) is 0 Å². The molecule has 0 aromatic rings. The third-order valence-corrected chi connectivity index (χ3v) is 2.57. The van der Waals surface area contributed by atoms with Crippen molar-refractivity contribution in [2.24, 2.45) is 0 Å². The standard InChI is InChI=1S/C3H8O2.C3H4S2/c1-3(5)2-4;1-2-4-5-3-1/h3-5H,2H2,1H3;1-2H,3H2. The molecule has 4 heteroatoms. The van der Waals surface area contributed by atoms with E-state index in [1.165, 1.54) is 12.7 Å². The largest absolute Gasteiger partial charge is 0.394 e. The lowest BCUT2D eigenvalue weighted by atomic mass is 10.5. The molecular weight excluding hydrogens is 168 g/mol. The Bertz CT molecular complexity index is 87.7. The zero-order valence-corrected chi connectivity index (χ0v) is 7.49. The summed E-state index contributed by atoms with van der Waals surface area (Å²) >= 11 is 0. The minimum Gasteiger partial charge on any atom is -0.394 e. The van der Waals surface area contributed by atoms with Crippen LogP contribution in [-0.4, -0.2) is 28.7 Å². The highest BCUT2D eigenvalue weighted by molar-refractivity contribution is 8.78. The normalized spacial score (nSPS) is 17.9. The molecule has 1 aliphatic heterocycles. The summed E-state index contributed by atoms with van der Waals surface area (Å²) in [7, 11) is 3.69. The molecule has 1 heterocycles. The van der Waals surface area contributed by atoms with E-state index >= 15 is 0 Å². The lowest BCUT2D eigenvalue weighted by Crippen LogP contribution is -2.03. The molecule has 2 N–H and O–H groups in total. The molecule has 1 unspecified atom stereocenters. The molecule has 0 fully saturated rings. The van der Waals surface area contributed by atoms with Gasteiger partial charge >= 0.3 is 0 Å². The van der Waals surface area contributed by atoms with Gasteiger partial charge in [0.05, 0.1) is 12.7 Å². The van der Waals surface area contributed by atoms with Gasteiger partial charge in [0.15, 0.2) is 0 Å². The van der Waals surface area contributed by atoms with Crippen molar-refractivity contribution in [1.82, 2.24) is 0 Å². The van der Waals surface area contributed by atoms with Crippen LogP contribution in [0.1, 0.15) is 6.92 Å². The highest BCUT2D eigenvalue weighted by Crippen LogP contribution is 2.27. The van der Waals surface area contributed by atoms with Crippen LogP contribution in [0.5, 0.6) is 0 Å². The fraction of sp³-hybridized carbons (Fsp3) is 0.667. The maximum Gasteiger partial charge on any atom is 0.0742 e. The molecule has 0 amide bonds. The first-order valence-electron chi connectivity index (χ1n) is 2.99. The van der Waals surface area contributed by atoms with Gasteiger partial charge in [-0.05, 0) is 12.3 Å². The number of aliphatic hydroxyl groups is 2. The Morgan fingerprint density at radius 2 is 2.30 bits per heavy atom. The van der Waals surface area contributed by atoms with Gasteiger partial charge in [-0.2, -0.15) is 0 Å². The molecule has 0 bridgehead atoms. The van der Waals surface area contributed by atoms with Gasteiger partial charge in [0.25, 0.3) is 0 Å². The van der Waals surface area contributed by atoms with Gasteiger partial charge in [0.2, 0.25) is 0 Å². The minimum atomic E-state index is -0.560. The Morgan fingerprint density at radius 3 is 2.40 bits per heavy atom. The second-order valence-corrected chi connectivity index (χ2v) is 4.10. The summed E-state index contributed by atoms with van der Waals surface area (Å²) in [5.41, 5.74) is 0. The Hall–Kier alpha value is 0.360. The van der Waals surface area contributed by atoms with E-state index < -0.39 is 6.10 Å². The maximum absolute atomic E-state index is 8.11. The average Bonchev–Trinajstić information content (AvgIpc) is 2.43. The molecule has 1 aliphatic rings. The maximum atomic E-state index is 8.11. The van der Waals surface area contributed by atoms with Crippen molar-refractivity contribution in [1.29, 1.82) is 0 Å². The summed E-state index contributed by atoms with van der Waals surface area (Å²) < 4.78 is 0. The molecule has 60 valence electrons. The van der Waals surface area contributed by atoms with Crippen LogP contribution in [0.4, 0.5) is 0 Å². The monoisotopic (exact) mass is 180 g/mol. The summed E-state index contributed by atoms with van der Waals surface area (Å²) in [5.74, 6) is 1.20. The van der Waals surface area contributed by atoms with Crippen LogP contribution in [0.25, 0.3) is 0 Å². The van der Waals surface area contributed by atoms with Gasteiger partial charge in [-0.15, -0.1) is 0 Å². The lowest BCUT2D eigenvalue weighted by Gasteiger charge is -1.90. The van der Waals surface area contributed by atoms with E-state index in [9.17, 15) is 0 Å². The van der Waals surface area contributed by atoms with E-state index in [1.807, 2.05) is 21.6 Å². The van der Waals surface area contributed by atoms with E-state index in [1.54, 1.807) is 0 Å². The van der Waals surface area contributed by atoms with Crippen LogP contribution in [0.3, 0.4) is 0 Å². The van der Waals surface area contributed by atoms with Crippen molar-refractivity contribution in [3.8, 4) is 0 Å². The van der Waals surface area contributed by atoms with E-state index in [-0.39, 0.29) is 6.61 Å². The summed E-state index contributed by atoms with van der Waals surface area (Å²) in [6.07, 6.45) is 1.60. The van der Waals surface area contributed by atoms with Gasteiger partial charge in [-0.25, -0.2) is 0 Å². The molecule has 1 rings (SSSR count). The topological polar surface area (TPSA) is 40.5 Å². The molecule has 2 nitrogen and oxygen atoms in total. The van der Waals surface area contributed by atoms with E-state index in [0.717, 1.165) is 0 Å². The molecule has 0 spiro atoms. The number of hydrogen-bond donors (Lipinski definition) is 2. The highest BCUT2D eigenvalue weighted by atomic mass is 33.1. The van der Waals surface area contributed by atoms with Gasteiger partial charge in [0, 0.05) is 5.75 Å². The Labute approximate surface area is 69.1 Å². The summed E-state index contributed by atoms with van der Waals surface area (Å²) in [5, 5.41) is 18.1. The smallest absolute Gasteiger partial charge is 0.0742 e. The zero-order chi connectivity index (χ0) is 7.82. The average molecular weight is 180 g/mol. The zero-order valence-electron chi connectivity index (χ0n) is 5.86. The summed E-state index contributed by atoms with van der Waals surface area (Å²) in [6, 6.07) is 0. The number of hydrogen-bond acceptors (Lipinski definition) is 4. The van der Waals surface area contributed by atoms with Gasteiger partial charge < -0.3 is 10.2 Å². The van der Waals surface area contributed by atoms with E-state index in [2.05, 4.69) is 11.5 Å². The van der Waals surface area contributed by atoms with Crippen LogP contribution < -0.4 is 0 Å². The third-order valence-electron chi connectivity index (χ3n) is 0.648. The fourth-order valence-electron chi connectivity index (χ4n) is 0.196. The summed E-state index contributed by atoms with van der Waals surface area (Å²) in [4.78, 5) is 0. The van der Waals surface area contributed by atoms with Crippen LogP contribution in [0.2, 0.25) is 0 Å². The minimum absolute atomic E-state index is 0.139. The van der Waals surface area contributed by atoms with Crippen molar-refractivity contribution < 1.29 is 10.2 Å². The van der Waals surface area contributed by atoms with Crippen molar-refractivity contribution in [3.05, 3.63) is 11.5 Å². The molecule has 0 aromatic carbocycles. The first-order valence-corrected chi connectivity index (χ1v) is 5.37. The lowest BCUT2D eigenvalue weighted by molar-refractivity contribution is 0.110. The molecular formula is C6H12O2S2. The van der Waals surface area contributed by atoms with Crippen molar-refractivity contribution in [2.75, 3.05) is 12.4 Å². The van der Waals surface area contributed by atoms with Crippen LogP contribution >= 0.6 is 21.6 Å². The molecule has 0 saturated heterocycles. The first kappa shape index (κ1) is 10.4. The van der Waals surface area contributed by atoms with Crippen LogP contribution in [0.15, 0.2) is 11.5 Å². The van der Waals surface area contributed by atoms with Crippen molar-refractivity contribution in [2.45, 2.75) is 13.0 Å². The predicted octanol–water partition coefficient (Wildman–Crippen LogP) is 1.25. The first-order chi connectivity index (χ1) is 4.77. The molecule has 0 aliphatic carbocycles. The third kappa shape index (κ3) is 8.36. The number of aliphatic hydroxyl groups excluding tert-OH is 2. The van der Waals surface area contributed by atoms with Crippen molar-refractivity contribution >= 4 is 21.6 Å². The summed E-state index contributed by atoms with van der Waals surface area (Å²) in [6.45, 7) is 1.39. The van der Waals surface area contributed by atoms with E-state index in [4.69, 9.17) is 10.2 Å². The second-order valence-electron chi connectivity index (χ2n) is 1.78.